The van der Waals surface area contributed by atoms with Gasteiger partial charge in [-0.1, -0.05) is 34.1 Å². The molecule has 0 bridgehead atoms. The monoisotopic (exact) mass is 333 g/mol. The van der Waals surface area contributed by atoms with Crippen LogP contribution in [0.5, 0.6) is 0 Å². The minimum atomic E-state index is -0.0740. The standard InChI is InChI=1S/C15H16BrN3O/c1-11(13-4-2-3-5-14(13)16)18-10-15(20)19-12-6-8-17-9-7-12/h2-9,11,18H,10H2,1H3,(H,17,19,20). The number of amides is 1. The minimum Gasteiger partial charge on any atom is -0.325 e. The Bertz CT molecular complexity index is 574. The molecule has 0 saturated carbocycles. The first kappa shape index (κ1) is 14.7. The van der Waals surface area contributed by atoms with Gasteiger partial charge in [-0.3, -0.25) is 9.78 Å². The van der Waals surface area contributed by atoms with Gasteiger partial charge in [0.1, 0.15) is 0 Å². The van der Waals surface area contributed by atoms with Crippen molar-refractivity contribution in [2.24, 2.45) is 0 Å². The van der Waals surface area contributed by atoms with Gasteiger partial charge in [0, 0.05) is 28.6 Å². The Morgan fingerprint density at radius 3 is 2.65 bits per heavy atom. The SMILES string of the molecule is CC(NCC(=O)Nc1ccncc1)c1ccccc1Br. The second-order valence-corrected chi connectivity index (χ2v) is 5.26. The number of hydrogen-bond donors (Lipinski definition) is 2. The molecule has 0 aliphatic heterocycles. The molecule has 2 aromatic rings. The molecule has 1 amide bonds. The van der Waals surface area contributed by atoms with Gasteiger partial charge in [0.2, 0.25) is 5.91 Å². The summed E-state index contributed by atoms with van der Waals surface area (Å²) in [5.74, 6) is -0.0740. The van der Waals surface area contributed by atoms with Crippen molar-refractivity contribution < 1.29 is 4.79 Å². The van der Waals surface area contributed by atoms with E-state index in [1.165, 1.54) is 0 Å². The Kier molecular flexibility index (Phi) is 5.26. The highest BCUT2D eigenvalue weighted by molar-refractivity contribution is 9.10. The lowest BCUT2D eigenvalue weighted by Crippen LogP contribution is -2.30. The van der Waals surface area contributed by atoms with Crippen LogP contribution in [0.4, 0.5) is 5.69 Å². The maximum Gasteiger partial charge on any atom is 0.238 e. The number of aromatic nitrogens is 1. The van der Waals surface area contributed by atoms with Crippen molar-refractivity contribution in [3.8, 4) is 0 Å². The summed E-state index contributed by atoms with van der Waals surface area (Å²) in [5, 5.41) is 6.01. The molecule has 0 aliphatic carbocycles. The summed E-state index contributed by atoms with van der Waals surface area (Å²) in [4.78, 5) is 15.7. The molecule has 2 rings (SSSR count). The molecule has 20 heavy (non-hydrogen) atoms. The quantitative estimate of drug-likeness (QED) is 0.883. The van der Waals surface area contributed by atoms with Gasteiger partial charge >= 0.3 is 0 Å². The number of nitrogens with zero attached hydrogens (tertiary/aromatic N) is 1. The molecule has 1 heterocycles. The number of carbonyl (C=O) groups excluding carboxylic acids is 1. The summed E-state index contributed by atoms with van der Waals surface area (Å²) in [5.41, 5.74) is 1.88. The van der Waals surface area contributed by atoms with Gasteiger partial charge in [-0.25, -0.2) is 0 Å². The molecule has 1 aromatic heterocycles. The summed E-state index contributed by atoms with van der Waals surface area (Å²) >= 11 is 3.51. The van der Waals surface area contributed by atoms with Crippen LogP contribution < -0.4 is 10.6 Å². The van der Waals surface area contributed by atoms with E-state index in [4.69, 9.17) is 0 Å². The van der Waals surface area contributed by atoms with E-state index in [0.29, 0.717) is 0 Å². The number of anilines is 1. The molecule has 5 heteroatoms. The molecule has 1 aromatic carbocycles. The minimum absolute atomic E-state index is 0.0740. The van der Waals surface area contributed by atoms with Crippen LogP contribution in [0.15, 0.2) is 53.3 Å². The third kappa shape index (κ3) is 4.15. The van der Waals surface area contributed by atoms with Crippen LogP contribution in [0, 0.1) is 0 Å². The average molecular weight is 334 g/mol. The van der Waals surface area contributed by atoms with Crippen molar-refractivity contribution in [2.45, 2.75) is 13.0 Å². The van der Waals surface area contributed by atoms with E-state index in [1.54, 1.807) is 24.5 Å². The molecular formula is C15H16BrN3O. The Hall–Kier alpha value is -1.72. The average Bonchev–Trinajstić information content (AvgIpc) is 2.46. The predicted molar refractivity (Wildman–Crippen MR) is 83.4 cm³/mol. The molecule has 0 aliphatic rings. The van der Waals surface area contributed by atoms with E-state index in [-0.39, 0.29) is 18.5 Å². The molecule has 0 spiro atoms. The highest BCUT2D eigenvalue weighted by atomic mass is 79.9. The number of halogens is 1. The van der Waals surface area contributed by atoms with E-state index in [1.807, 2.05) is 31.2 Å². The van der Waals surface area contributed by atoms with Crippen LogP contribution in [0.25, 0.3) is 0 Å². The van der Waals surface area contributed by atoms with Gasteiger partial charge in [0.25, 0.3) is 0 Å². The lowest BCUT2D eigenvalue weighted by molar-refractivity contribution is -0.115. The summed E-state index contributed by atoms with van der Waals surface area (Å²) in [7, 11) is 0. The predicted octanol–water partition coefficient (Wildman–Crippen LogP) is 3.13. The van der Waals surface area contributed by atoms with Crippen molar-refractivity contribution in [3.63, 3.8) is 0 Å². The van der Waals surface area contributed by atoms with Gasteiger partial charge < -0.3 is 10.6 Å². The van der Waals surface area contributed by atoms with Gasteiger partial charge in [-0.15, -0.1) is 0 Å². The topological polar surface area (TPSA) is 54.0 Å². The van der Waals surface area contributed by atoms with Gasteiger partial charge in [0.15, 0.2) is 0 Å². The number of benzene rings is 1. The number of pyridine rings is 1. The van der Waals surface area contributed by atoms with E-state index in [2.05, 4.69) is 31.5 Å². The number of hydrogen-bond acceptors (Lipinski definition) is 3. The van der Waals surface area contributed by atoms with Crippen LogP contribution in [0.3, 0.4) is 0 Å². The normalized spacial score (nSPS) is 11.9. The number of nitrogens with one attached hydrogen (secondary N) is 2. The molecule has 1 unspecified atom stereocenters. The van der Waals surface area contributed by atoms with Crippen molar-refractivity contribution in [2.75, 3.05) is 11.9 Å². The van der Waals surface area contributed by atoms with E-state index >= 15 is 0 Å². The summed E-state index contributed by atoms with van der Waals surface area (Å²) in [6.45, 7) is 2.28. The number of rotatable bonds is 5. The van der Waals surface area contributed by atoms with Gasteiger partial charge in [-0.2, -0.15) is 0 Å². The van der Waals surface area contributed by atoms with Crippen molar-refractivity contribution in [3.05, 3.63) is 58.8 Å². The van der Waals surface area contributed by atoms with E-state index < -0.39 is 0 Å². The third-order valence-corrected chi connectivity index (χ3v) is 3.63. The largest absolute Gasteiger partial charge is 0.325 e. The zero-order valence-electron chi connectivity index (χ0n) is 11.1. The summed E-state index contributed by atoms with van der Waals surface area (Å²) in [6, 6.07) is 11.6. The fraction of sp³-hybridized carbons (Fsp3) is 0.200. The van der Waals surface area contributed by atoms with Crippen LogP contribution in [-0.4, -0.2) is 17.4 Å². The van der Waals surface area contributed by atoms with Gasteiger partial charge in [-0.05, 0) is 30.7 Å². The van der Waals surface area contributed by atoms with Crippen molar-refractivity contribution >= 4 is 27.5 Å². The van der Waals surface area contributed by atoms with Crippen LogP contribution in [0.2, 0.25) is 0 Å². The fourth-order valence-electron chi connectivity index (χ4n) is 1.82. The molecule has 2 N–H and O–H groups in total. The second-order valence-electron chi connectivity index (χ2n) is 4.41. The van der Waals surface area contributed by atoms with E-state index in [0.717, 1.165) is 15.7 Å². The molecule has 104 valence electrons. The Labute approximate surface area is 126 Å². The lowest BCUT2D eigenvalue weighted by atomic mass is 10.1. The van der Waals surface area contributed by atoms with Crippen molar-refractivity contribution in [1.29, 1.82) is 0 Å². The Morgan fingerprint density at radius 1 is 1.25 bits per heavy atom. The highest BCUT2D eigenvalue weighted by Gasteiger charge is 2.10. The molecule has 0 radical (unpaired) electrons. The summed E-state index contributed by atoms with van der Waals surface area (Å²) in [6.07, 6.45) is 3.29. The molecule has 0 fully saturated rings. The third-order valence-electron chi connectivity index (χ3n) is 2.90. The maximum atomic E-state index is 11.8. The summed E-state index contributed by atoms with van der Waals surface area (Å²) < 4.78 is 1.04. The zero-order chi connectivity index (χ0) is 14.4. The first-order chi connectivity index (χ1) is 9.66. The fourth-order valence-corrected chi connectivity index (χ4v) is 2.45. The van der Waals surface area contributed by atoms with E-state index in [9.17, 15) is 4.79 Å². The molecule has 1 atom stereocenters. The zero-order valence-corrected chi connectivity index (χ0v) is 12.7. The Balaban J connectivity index is 1.86. The van der Waals surface area contributed by atoms with Crippen LogP contribution >= 0.6 is 15.9 Å². The Morgan fingerprint density at radius 2 is 1.95 bits per heavy atom. The smallest absolute Gasteiger partial charge is 0.238 e. The van der Waals surface area contributed by atoms with Crippen LogP contribution in [0.1, 0.15) is 18.5 Å². The molecular weight excluding hydrogens is 318 g/mol. The lowest BCUT2D eigenvalue weighted by Gasteiger charge is -2.15. The first-order valence-corrected chi connectivity index (χ1v) is 7.14. The molecule has 0 saturated heterocycles. The first-order valence-electron chi connectivity index (χ1n) is 6.34. The number of carbonyl (C=O) groups is 1. The second kappa shape index (κ2) is 7.17. The highest BCUT2D eigenvalue weighted by Crippen LogP contribution is 2.22. The molecule has 4 nitrogen and oxygen atoms in total. The van der Waals surface area contributed by atoms with Crippen LogP contribution in [-0.2, 0) is 4.79 Å². The van der Waals surface area contributed by atoms with Crippen molar-refractivity contribution in [1.82, 2.24) is 10.3 Å². The van der Waals surface area contributed by atoms with Gasteiger partial charge in [0.05, 0.1) is 6.54 Å². The maximum absolute atomic E-state index is 11.8.